The van der Waals surface area contributed by atoms with Crippen molar-refractivity contribution in [2.75, 3.05) is 38.1 Å². The number of nitrogens with zero attached hydrogens (tertiary/aromatic N) is 6. The van der Waals surface area contributed by atoms with Gasteiger partial charge in [0, 0.05) is 33.2 Å². The average Bonchev–Trinajstić information content (AvgIpc) is 2.94. The minimum absolute atomic E-state index is 0.0986. The summed E-state index contributed by atoms with van der Waals surface area (Å²) in [5.41, 5.74) is 0.948. The molecule has 0 spiro atoms. The molecular formula is C16H21ClN6O. The molecule has 2 saturated heterocycles. The number of amides is 2. The van der Waals surface area contributed by atoms with Gasteiger partial charge in [-0.05, 0) is 19.3 Å². The van der Waals surface area contributed by atoms with Gasteiger partial charge in [-0.25, -0.2) is 14.8 Å². The van der Waals surface area contributed by atoms with Crippen molar-refractivity contribution in [2.24, 2.45) is 0 Å². The lowest BCUT2D eigenvalue weighted by atomic mass is 10.0. The number of carbonyl (C=O) groups is 1. The van der Waals surface area contributed by atoms with Crippen molar-refractivity contribution in [3.05, 3.63) is 16.5 Å². The average molecular weight is 349 g/mol. The predicted octanol–water partition coefficient (Wildman–Crippen LogP) is 1.90. The van der Waals surface area contributed by atoms with E-state index in [1.807, 2.05) is 24.9 Å². The fourth-order valence-electron chi connectivity index (χ4n) is 3.41. The normalized spacial score (nSPS) is 21.3. The third kappa shape index (κ3) is 2.98. The quantitative estimate of drug-likeness (QED) is 0.833. The topological polar surface area (TPSA) is 76.4 Å². The number of hydrogen-bond acceptors (Lipinski definition) is 5. The molecule has 2 amide bonds. The molecule has 8 heteroatoms. The number of nitriles is 1. The number of hydrogen-bond donors (Lipinski definition) is 0. The Morgan fingerprint density at radius 2 is 2.12 bits per heavy atom. The van der Waals surface area contributed by atoms with Gasteiger partial charge in [0.25, 0.3) is 0 Å². The van der Waals surface area contributed by atoms with Gasteiger partial charge < -0.3 is 14.7 Å². The fourth-order valence-corrected chi connectivity index (χ4v) is 3.58. The molecular weight excluding hydrogens is 328 g/mol. The van der Waals surface area contributed by atoms with Crippen LogP contribution >= 0.6 is 11.6 Å². The summed E-state index contributed by atoms with van der Waals surface area (Å²) in [6, 6.07) is 2.26. The molecule has 1 aromatic heterocycles. The van der Waals surface area contributed by atoms with Crippen LogP contribution in [0, 0.1) is 11.3 Å². The largest absolute Gasteiger partial charge is 0.353 e. The van der Waals surface area contributed by atoms with E-state index in [9.17, 15) is 4.79 Å². The second kappa shape index (κ2) is 6.81. The van der Waals surface area contributed by atoms with Crippen LogP contribution in [-0.2, 0) is 6.42 Å². The highest BCUT2D eigenvalue weighted by atomic mass is 35.5. The number of aryl methyl sites for hydroxylation is 1. The van der Waals surface area contributed by atoms with Crippen LogP contribution in [-0.4, -0.2) is 65.1 Å². The number of aromatic nitrogens is 2. The van der Waals surface area contributed by atoms with E-state index in [2.05, 4.69) is 14.9 Å². The molecule has 1 unspecified atom stereocenters. The molecule has 2 fully saturated rings. The Bertz CT molecular complexity index is 688. The third-order valence-electron chi connectivity index (χ3n) is 4.73. The monoisotopic (exact) mass is 348 g/mol. The van der Waals surface area contributed by atoms with Crippen molar-refractivity contribution in [1.82, 2.24) is 19.8 Å². The van der Waals surface area contributed by atoms with Gasteiger partial charge in [-0.15, -0.1) is 0 Å². The van der Waals surface area contributed by atoms with Gasteiger partial charge in [0.05, 0.1) is 11.7 Å². The van der Waals surface area contributed by atoms with E-state index in [0.717, 1.165) is 50.5 Å². The van der Waals surface area contributed by atoms with E-state index in [0.29, 0.717) is 6.42 Å². The highest BCUT2D eigenvalue weighted by molar-refractivity contribution is 6.30. The van der Waals surface area contributed by atoms with Gasteiger partial charge in [-0.3, -0.25) is 0 Å². The Labute approximate surface area is 146 Å². The first-order valence-corrected chi connectivity index (χ1v) is 8.66. The standard InChI is InChI=1S/C16H21ClN6O/c1-3-12-15(20-14(17)13(9-18)19-12)22-6-4-5-11(10-22)23-8-7-21(2)16(23)24/h11H,3-8,10H2,1-2H3. The van der Waals surface area contributed by atoms with Crippen LogP contribution < -0.4 is 4.90 Å². The van der Waals surface area contributed by atoms with Gasteiger partial charge in [-0.2, -0.15) is 5.26 Å². The third-order valence-corrected chi connectivity index (χ3v) is 4.99. The lowest BCUT2D eigenvalue weighted by molar-refractivity contribution is 0.175. The summed E-state index contributed by atoms with van der Waals surface area (Å²) in [4.78, 5) is 26.9. The van der Waals surface area contributed by atoms with E-state index >= 15 is 0 Å². The number of urea groups is 1. The molecule has 2 aliphatic rings. The van der Waals surface area contributed by atoms with E-state index in [4.69, 9.17) is 16.9 Å². The molecule has 0 bridgehead atoms. The number of piperidine rings is 1. The molecule has 0 N–H and O–H groups in total. The molecule has 2 aliphatic heterocycles. The van der Waals surface area contributed by atoms with Crippen LogP contribution in [0.2, 0.25) is 5.15 Å². The van der Waals surface area contributed by atoms with Crippen LogP contribution in [0.1, 0.15) is 31.2 Å². The molecule has 0 radical (unpaired) electrons. The molecule has 1 atom stereocenters. The van der Waals surface area contributed by atoms with Crippen LogP contribution in [0.3, 0.4) is 0 Å². The van der Waals surface area contributed by atoms with Crippen molar-refractivity contribution >= 4 is 23.4 Å². The maximum absolute atomic E-state index is 12.3. The molecule has 3 rings (SSSR count). The molecule has 7 nitrogen and oxygen atoms in total. The zero-order valence-corrected chi connectivity index (χ0v) is 14.8. The Balaban J connectivity index is 1.84. The van der Waals surface area contributed by atoms with Gasteiger partial charge in [0.2, 0.25) is 0 Å². The van der Waals surface area contributed by atoms with Gasteiger partial charge >= 0.3 is 6.03 Å². The zero-order chi connectivity index (χ0) is 17.3. The van der Waals surface area contributed by atoms with Gasteiger partial charge in [-0.1, -0.05) is 18.5 Å². The Morgan fingerprint density at radius 1 is 1.33 bits per heavy atom. The maximum Gasteiger partial charge on any atom is 0.320 e. The maximum atomic E-state index is 12.3. The van der Waals surface area contributed by atoms with Crippen LogP contribution in [0.15, 0.2) is 0 Å². The number of anilines is 1. The van der Waals surface area contributed by atoms with Crippen molar-refractivity contribution in [3.63, 3.8) is 0 Å². The first kappa shape index (κ1) is 16.8. The minimum atomic E-state index is 0.0986. The molecule has 1 aromatic rings. The molecule has 0 aromatic carbocycles. The van der Waals surface area contributed by atoms with Crippen molar-refractivity contribution in [2.45, 2.75) is 32.2 Å². The Hall–Kier alpha value is -2.07. The summed E-state index contributed by atoms with van der Waals surface area (Å²) < 4.78 is 0. The Morgan fingerprint density at radius 3 is 2.75 bits per heavy atom. The Kier molecular flexibility index (Phi) is 4.76. The van der Waals surface area contributed by atoms with Crippen LogP contribution in [0.4, 0.5) is 10.6 Å². The van der Waals surface area contributed by atoms with E-state index < -0.39 is 0 Å². The second-order valence-electron chi connectivity index (χ2n) is 6.24. The predicted molar refractivity (Wildman–Crippen MR) is 91.1 cm³/mol. The lowest BCUT2D eigenvalue weighted by Gasteiger charge is -2.38. The summed E-state index contributed by atoms with van der Waals surface area (Å²) in [7, 11) is 1.84. The second-order valence-corrected chi connectivity index (χ2v) is 6.60. The summed E-state index contributed by atoms with van der Waals surface area (Å²) in [6.45, 7) is 5.12. The van der Waals surface area contributed by atoms with E-state index in [1.54, 1.807) is 4.90 Å². The highest BCUT2D eigenvalue weighted by Gasteiger charge is 2.35. The molecule has 24 heavy (non-hydrogen) atoms. The number of halogens is 1. The number of carbonyl (C=O) groups excluding carboxylic acids is 1. The van der Waals surface area contributed by atoms with Crippen LogP contribution in [0.5, 0.6) is 0 Å². The SMILES string of the molecule is CCc1nc(C#N)c(Cl)nc1N1CCCC(N2CCN(C)C2=O)C1. The minimum Gasteiger partial charge on any atom is -0.353 e. The summed E-state index contributed by atoms with van der Waals surface area (Å²) in [6.07, 6.45) is 2.66. The molecule has 128 valence electrons. The van der Waals surface area contributed by atoms with Crippen molar-refractivity contribution < 1.29 is 4.79 Å². The molecule has 3 heterocycles. The number of likely N-dealkylation sites (N-methyl/N-ethyl adjacent to an activating group) is 1. The lowest BCUT2D eigenvalue weighted by Crippen LogP contribution is -2.49. The fraction of sp³-hybridized carbons (Fsp3) is 0.625. The molecule has 0 aliphatic carbocycles. The number of rotatable bonds is 3. The van der Waals surface area contributed by atoms with Crippen molar-refractivity contribution in [1.29, 1.82) is 5.26 Å². The van der Waals surface area contributed by atoms with E-state index in [1.165, 1.54) is 0 Å². The summed E-state index contributed by atoms with van der Waals surface area (Å²) in [5.74, 6) is 0.742. The van der Waals surface area contributed by atoms with Gasteiger partial charge in [0.15, 0.2) is 16.7 Å². The van der Waals surface area contributed by atoms with E-state index in [-0.39, 0.29) is 22.9 Å². The van der Waals surface area contributed by atoms with Crippen LogP contribution in [0.25, 0.3) is 0 Å². The summed E-state index contributed by atoms with van der Waals surface area (Å²) in [5, 5.41) is 9.22. The highest BCUT2D eigenvalue weighted by Crippen LogP contribution is 2.27. The van der Waals surface area contributed by atoms with Crippen molar-refractivity contribution in [3.8, 4) is 6.07 Å². The van der Waals surface area contributed by atoms with Gasteiger partial charge in [0.1, 0.15) is 6.07 Å². The summed E-state index contributed by atoms with van der Waals surface area (Å²) >= 11 is 6.09. The first-order chi connectivity index (χ1) is 11.5. The zero-order valence-electron chi connectivity index (χ0n) is 14.0. The first-order valence-electron chi connectivity index (χ1n) is 8.28. The smallest absolute Gasteiger partial charge is 0.320 e. The molecule has 0 saturated carbocycles.